The molecule has 3 aromatic rings. The van der Waals surface area contributed by atoms with Crippen LogP contribution in [-0.2, 0) is 16.1 Å². The fourth-order valence-electron chi connectivity index (χ4n) is 2.40. The average Bonchev–Trinajstić information content (AvgIpc) is 2.55. The summed E-state index contributed by atoms with van der Waals surface area (Å²) in [5, 5.41) is 9.32. The highest BCUT2D eigenvalue weighted by atomic mass is 79.9. The fourth-order valence-corrected chi connectivity index (χ4v) is 2.67. The predicted octanol–water partition coefficient (Wildman–Crippen LogP) is 4.40. The number of aromatic nitrogens is 1. The van der Waals surface area contributed by atoms with Gasteiger partial charge < -0.3 is 9.84 Å². The van der Waals surface area contributed by atoms with Gasteiger partial charge in [-0.2, -0.15) is 0 Å². The number of carbonyl (C=O) groups is 1. The van der Waals surface area contributed by atoms with Crippen molar-refractivity contribution >= 4 is 32.8 Å². The molecule has 0 saturated heterocycles. The number of pyridine rings is 1. The topological polar surface area (TPSA) is 59.4 Å². The third-order valence-corrected chi connectivity index (χ3v) is 4.01. The summed E-state index contributed by atoms with van der Waals surface area (Å²) in [4.78, 5) is 15.2. The van der Waals surface area contributed by atoms with Crippen molar-refractivity contribution in [2.45, 2.75) is 6.61 Å². The lowest BCUT2D eigenvalue weighted by molar-refractivity contribution is -0.142. The van der Waals surface area contributed by atoms with Crippen molar-refractivity contribution < 1.29 is 19.0 Å². The van der Waals surface area contributed by atoms with Crippen LogP contribution >= 0.6 is 15.9 Å². The molecule has 2 aromatic carbocycles. The van der Waals surface area contributed by atoms with E-state index in [9.17, 15) is 9.18 Å². The van der Waals surface area contributed by atoms with Crippen LogP contribution in [0.5, 0.6) is 0 Å². The van der Waals surface area contributed by atoms with Crippen molar-refractivity contribution in [2.75, 3.05) is 6.61 Å². The van der Waals surface area contributed by atoms with E-state index < -0.39 is 12.6 Å². The maximum atomic E-state index is 13.6. The van der Waals surface area contributed by atoms with Crippen LogP contribution in [-0.4, -0.2) is 22.7 Å². The van der Waals surface area contributed by atoms with E-state index in [1.54, 1.807) is 12.1 Å². The minimum absolute atomic E-state index is 0.0678. The van der Waals surface area contributed by atoms with Gasteiger partial charge in [0, 0.05) is 15.4 Å². The molecule has 0 unspecified atom stereocenters. The summed E-state index contributed by atoms with van der Waals surface area (Å²) in [6.07, 6.45) is 0. The Kier molecular flexibility index (Phi) is 4.87. The molecule has 0 spiro atoms. The summed E-state index contributed by atoms with van der Waals surface area (Å²) in [6.45, 7) is -0.342. The lowest BCUT2D eigenvalue weighted by atomic mass is 10.0. The molecule has 122 valence electrons. The minimum atomic E-state index is -1.05. The Bertz CT molecular complexity index is 897. The third-order valence-electron chi connectivity index (χ3n) is 3.48. The number of ether oxygens (including phenoxy) is 1. The van der Waals surface area contributed by atoms with Crippen LogP contribution in [0.4, 0.5) is 4.39 Å². The number of nitrogens with zero attached hydrogens (tertiary/aromatic N) is 1. The smallest absolute Gasteiger partial charge is 0.329 e. The maximum absolute atomic E-state index is 13.6. The maximum Gasteiger partial charge on any atom is 0.329 e. The van der Waals surface area contributed by atoms with Gasteiger partial charge in [-0.25, -0.2) is 14.2 Å². The first kappa shape index (κ1) is 16.5. The van der Waals surface area contributed by atoms with Crippen LogP contribution in [0.15, 0.2) is 53.0 Å². The van der Waals surface area contributed by atoms with Crippen molar-refractivity contribution in [3.8, 4) is 11.3 Å². The van der Waals surface area contributed by atoms with Gasteiger partial charge in [0.25, 0.3) is 0 Å². The molecule has 1 N–H and O–H groups in total. The largest absolute Gasteiger partial charge is 0.480 e. The van der Waals surface area contributed by atoms with Crippen molar-refractivity contribution in [1.29, 1.82) is 0 Å². The summed E-state index contributed by atoms with van der Waals surface area (Å²) in [5.74, 6) is -1.42. The van der Waals surface area contributed by atoms with Gasteiger partial charge in [0.15, 0.2) is 0 Å². The SMILES string of the molecule is O=C(O)COCc1cc(-c2ccc(Br)cc2)nc2ccc(F)cc12. The molecule has 0 amide bonds. The molecule has 0 bridgehead atoms. The minimum Gasteiger partial charge on any atom is -0.480 e. The van der Waals surface area contributed by atoms with Crippen molar-refractivity contribution in [3.63, 3.8) is 0 Å². The van der Waals surface area contributed by atoms with Gasteiger partial charge in [0.2, 0.25) is 0 Å². The van der Waals surface area contributed by atoms with Crippen molar-refractivity contribution in [2.24, 2.45) is 0 Å². The standard InChI is InChI=1S/C18H13BrFNO3/c19-13-3-1-11(2-4-13)17-7-12(9-24-10-18(22)23)15-8-14(20)5-6-16(15)21-17/h1-8H,9-10H2,(H,22,23). The second-order valence-electron chi connectivity index (χ2n) is 5.22. The Hall–Kier alpha value is -2.31. The molecule has 6 heteroatoms. The van der Waals surface area contributed by atoms with Crippen LogP contribution in [0.2, 0.25) is 0 Å². The molecular weight excluding hydrogens is 377 g/mol. The number of aliphatic carboxylic acids is 1. The molecule has 0 atom stereocenters. The molecule has 3 rings (SSSR count). The molecule has 0 saturated carbocycles. The first-order chi connectivity index (χ1) is 11.5. The highest BCUT2D eigenvalue weighted by Gasteiger charge is 2.10. The first-order valence-corrected chi connectivity index (χ1v) is 7.97. The van der Waals surface area contributed by atoms with Crippen molar-refractivity contribution in [3.05, 3.63) is 64.4 Å². The summed E-state index contributed by atoms with van der Waals surface area (Å²) in [6, 6.07) is 13.8. The van der Waals surface area contributed by atoms with Crippen LogP contribution in [0, 0.1) is 5.82 Å². The van der Waals surface area contributed by atoms with Crippen molar-refractivity contribution in [1.82, 2.24) is 4.98 Å². The highest BCUT2D eigenvalue weighted by Crippen LogP contribution is 2.27. The molecule has 0 aliphatic carbocycles. The quantitative estimate of drug-likeness (QED) is 0.702. The highest BCUT2D eigenvalue weighted by molar-refractivity contribution is 9.10. The number of carboxylic acid groups (broad SMARTS) is 1. The molecule has 0 aliphatic rings. The molecule has 1 heterocycles. The van der Waals surface area contributed by atoms with E-state index >= 15 is 0 Å². The van der Waals surface area contributed by atoms with Crippen LogP contribution in [0.25, 0.3) is 22.2 Å². The molecule has 1 aromatic heterocycles. The molecule has 0 fully saturated rings. The van der Waals surface area contributed by atoms with E-state index in [1.165, 1.54) is 12.1 Å². The van der Waals surface area contributed by atoms with Crippen LogP contribution in [0.1, 0.15) is 5.56 Å². The number of hydrogen-bond donors (Lipinski definition) is 1. The Morgan fingerprint density at radius 3 is 2.62 bits per heavy atom. The predicted molar refractivity (Wildman–Crippen MR) is 92.1 cm³/mol. The van der Waals surface area contributed by atoms with E-state index in [1.807, 2.05) is 24.3 Å². The number of benzene rings is 2. The summed E-state index contributed by atoms with van der Waals surface area (Å²) < 4.78 is 19.7. The number of fused-ring (bicyclic) bond motifs is 1. The van der Waals surface area contributed by atoms with Gasteiger partial charge in [0.05, 0.1) is 17.8 Å². The van der Waals surface area contributed by atoms with Gasteiger partial charge in [0.1, 0.15) is 12.4 Å². The van der Waals surface area contributed by atoms with Gasteiger partial charge in [-0.3, -0.25) is 0 Å². The van der Waals surface area contributed by atoms with E-state index in [2.05, 4.69) is 20.9 Å². The third kappa shape index (κ3) is 3.77. The fraction of sp³-hybridized carbons (Fsp3) is 0.111. The summed E-state index contributed by atoms with van der Waals surface area (Å²) in [7, 11) is 0. The molecule has 0 aliphatic heterocycles. The Morgan fingerprint density at radius 2 is 1.92 bits per heavy atom. The monoisotopic (exact) mass is 389 g/mol. The van der Waals surface area contributed by atoms with E-state index in [0.717, 1.165) is 15.7 Å². The number of rotatable bonds is 5. The van der Waals surface area contributed by atoms with Crippen LogP contribution in [0.3, 0.4) is 0 Å². The zero-order valence-corrected chi connectivity index (χ0v) is 14.1. The zero-order valence-electron chi connectivity index (χ0n) is 12.5. The molecule has 0 radical (unpaired) electrons. The lowest BCUT2D eigenvalue weighted by Crippen LogP contribution is -2.07. The van der Waals surface area contributed by atoms with Gasteiger partial charge in [-0.15, -0.1) is 0 Å². The summed E-state index contributed by atoms with van der Waals surface area (Å²) >= 11 is 3.39. The van der Waals surface area contributed by atoms with Gasteiger partial charge >= 0.3 is 5.97 Å². The normalized spacial score (nSPS) is 10.9. The lowest BCUT2D eigenvalue weighted by Gasteiger charge is -2.10. The molecule has 24 heavy (non-hydrogen) atoms. The number of hydrogen-bond acceptors (Lipinski definition) is 3. The Balaban J connectivity index is 2.06. The number of halogens is 2. The number of carboxylic acids is 1. The Morgan fingerprint density at radius 1 is 1.17 bits per heavy atom. The molecular formula is C18H13BrFNO3. The van der Waals surface area contributed by atoms with Gasteiger partial charge in [-0.05, 0) is 42.0 Å². The first-order valence-electron chi connectivity index (χ1n) is 7.17. The second-order valence-corrected chi connectivity index (χ2v) is 6.14. The van der Waals surface area contributed by atoms with Crippen LogP contribution < -0.4 is 0 Å². The molecule has 4 nitrogen and oxygen atoms in total. The van der Waals surface area contributed by atoms with E-state index in [4.69, 9.17) is 9.84 Å². The second kappa shape index (κ2) is 7.07. The average molecular weight is 390 g/mol. The Labute approximate surface area is 146 Å². The zero-order chi connectivity index (χ0) is 17.1. The van der Waals surface area contributed by atoms with E-state index in [0.29, 0.717) is 16.5 Å². The van der Waals surface area contributed by atoms with E-state index in [-0.39, 0.29) is 12.4 Å². The van der Waals surface area contributed by atoms with Gasteiger partial charge in [-0.1, -0.05) is 28.1 Å². The summed E-state index contributed by atoms with van der Waals surface area (Å²) in [5.41, 5.74) is 2.95.